The molecule has 21 heavy (non-hydrogen) atoms. The predicted octanol–water partition coefficient (Wildman–Crippen LogP) is 2.96. The van der Waals surface area contributed by atoms with Crippen molar-refractivity contribution in [3.63, 3.8) is 0 Å². The first kappa shape index (κ1) is 15.3. The molecule has 5 heteroatoms. The molecule has 1 unspecified atom stereocenters. The van der Waals surface area contributed by atoms with Crippen molar-refractivity contribution in [1.29, 1.82) is 0 Å². The zero-order valence-electron chi connectivity index (χ0n) is 11.8. The maximum Gasteiger partial charge on any atom is 0.251 e. The molecule has 1 aliphatic rings. The van der Waals surface area contributed by atoms with E-state index in [1.807, 2.05) is 37.3 Å². The van der Waals surface area contributed by atoms with E-state index < -0.39 is 0 Å². The summed E-state index contributed by atoms with van der Waals surface area (Å²) in [5.74, 6) is -0.0453. The van der Waals surface area contributed by atoms with Crippen LogP contribution >= 0.6 is 12.4 Å². The number of nitrogens with one attached hydrogen (secondary N) is 2. The molecule has 1 atom stereocenters. The van der Waals surface area contributed by atoms with E-state index in [0.29, 0.717) is 5.56 Å². The minimum Gasteiger partial charge on any atom is -0.384 e. The van der Waals surface area contributed by atoms with E-state index in [-0.39, 0.29) is 24.4 Å². The van der Waals surface area contributed by atoms with Crippen LogP contribution in [0.3, 0.4) is 0 Å². The maximum atomic E-state index is 12.3. The Morgan fingerprint density at radius 2 is 2.24 bits per heavy atom. The highest BCUT2D eigenvalue weighted by Gasteiger charge is 2.15. The number of anilines is 1. The van der Waals surface area contributed by atoms with Crippen molar-refractivity contribution in [2.45, 2.75) is 19.4 Å². The number of hydrogen-bond acceptors (Lipinski definition) is 3. The third kappa shape index (κ3) is 3.34. The molecule has 0 saturated heterocycles. The van der Waals surface area contributed by atoms with Gasteiger partial charge in [0.2, 0.25) is 0 Å². The zero-order chi connectivity index (χ0) is 13.9. The van der Waals surface area contributed by atoms with Gasteiger partial charge in [0.05, 0.1) is 6.04 Å². The summed E-state index contributed by atoms with van der Waals surface area (Å²) in [5, 5.41) is 6.30. The minimum atomic E-state index is -0.0532. The van der Waals surface area contributed by atoms with Gasteiger partial charge in [-0.25, -0.2) is 0 Å². The number of carbonyl (C=O) groups excluding carboxylic acids is 1. The summed E-state index contributed by atoms with van der Waals surface area (Å²) in [5.41, 5.74) is 4.07. The van der Waals surface area contributed by atoms with Gasteiger partial charge in [0.1, 0.15) is 0 Å². The molecule has 0 fully saturated rings. The van der Waals surface area contributed by atoms with Crippen LogP contribution in [0.15, 0.2) is 42.7 Å². The van der Waals surface area contributed by atoms with Crippen LogP contribution in [0.1, 0.15) is 34.5 Å². The Kier molecular flexibility index (Phi) is 4.81. The molecule has 0 radical (unpaired) electrons. The average molecular weight is 304 g/mol. The highest BCUT2D eigenvalue weighted by Crippen LogP contribution is 2.23. The lowest BCUT2D eigenvalue weighted by Crippen LogP contribution is -2.26. The number of rotatable bonds is 3. The van der Waals surface area contributed by atoms with Gasteiger partial charge in [-0.15, -0.1) is 12.4 Å². The van der Waals surface area contributed by atoms with E-state index in [9.17, 15) is 4.79 Å². The van der Waals surface area contributed by atoms with Crippen LogP contribution in [0.25, 0.3) is 0 Å². The van der Waals surface area contributed by atoms with Gasteiger partial charge in [0.25, 0.3) is 5.91 Å². The molecule has 1 aromatic carbocycles. The summed E-state index contributed by atoms with van der Waals surface area (Å²) >= 11 is 0. The van der Waals surface area contributed by atoms with Gasteiger partial charge >= 0.3 is 0 Å². The van der Waals surface area contributed by atoms with E-state index in [1.165, 1.54) is 5.56 Å². The molecule has 2 aromatic rings. The summed E-state index contributed by atoms with van der Waals surface area (Å²) in [6.45, 7) is 2.91. The van der Waals surface area contributed by atoms with E-state index in [2.05, 4.69) is 15.6 Å². The third-order valence-corrected chi connectivity index (χ3v) is 3.61. The van der Waals surface area contributed by atoms with Crippen molar-refractivity contribution >= 4 is 24.0 Å². The predicted molar refractivity (Wildman–Crippen MR) is 86.0 cm³/mol. The van der Waals surface area contributed by atoms with Crippen molar-refractivity contribution in [3.05, 3.63) is 59.4 Å². The van der Waals surface area contributed by atoms with E-state index in [4.69, 9.17) is 0 Å². The second kappa shape index (κ2) is 6.59. The van der Waals surface area contributed by atoms with Crippen LogP contribution < -0.4 is 10.6 Å². The van der Waals surface area contributed by atoms with Gasteiger partial charge in [-0.1, -0.05) is 6.07 Å². The summed E-state index contributed by atoms with van der Waals surface area (Å²) in [6, 6.07) is 9.60. The summed E-state index contributed by atoms with van der Waals surface area (Å²) in [6.07, 6.45) is 4.48. The zero-order valence-corrected chi connectivity index (χ0v) is 12.6. The smallest absolute Gasteiger partial charge is 0.251 e. The average Bonchev–Trinajstić information content (AvgIpc) is 2.95. The Morgan fingerprint density at radius 3 is 3.00 bits per heavy atom. The first-order chi connectivity index (χ1) is 9.74. The fourth-order valence-electron chi connectivity index (χ4n) is 2.44. The fourth-order valence-corrected chi connectivity index (χ4v) is 2.44. The third-order valence-electron chi connectivity index (χ3n) is 3.61. The quantitative estimate of drug-likeness (QED) is 0.916. The van der Waals surface area contributed by atoms with E-state index >= 15 is 0 Å². The Bertz CT molecular complexity index is 631. The maximum absolute atomic E-state index is 12.3. The van der Waals surface area contributed by atoms with Crippen molar-refractivity contribution in [2.24, 2.45) is 0 Å². The Hall–Kier alpha value is -2.07. The molecule has 0 bridgehead atoms. The number of nitrogens with zero attached hydrogens (tertiary/aromatic N) is 1. The van der Waals surface area contributed by atoms with Crippen LogP contribution in [0.5, 0.6) is 0 Å². The topological polar surface area (TPSA) is 54.0 Å². The number of pyridine rings is 1. The Labute approximate surface area is 130 Å². The fraction of sp³-hybridized carbons (Fsp3) is 0.250. The molecular weight excluding hydrogens is 286 g/mol. The molecule has 0 aliphatic carbocycles. The first-order valence-electron chi connectivity index (χ1n) is 6.81. The van der Waals surface area contributed by atoms with E-state index in [0.717, 1.165) is 24.2 Å². The lowest BCUT2D eigenvalue weighted by Gasteiger charge is -2.14. The molecule has 2 N–H and O–H groups in total. The second-order valence-corrected chi connectivity index (χ2v) is 5.03. The summed E-state index contributed by atoms with van der Waals surface area (Å²) in [4.78, 5) is 16.3. The summed E-state index contributed by atoms with van der Waals surface area (Å²) in [7, 11) is 0. The van der Waals surface area contributed by atoms with Crippen LogP contribution in [0.4, 0.5) is 5.69 Å². The highest BCUT2D eigenvalue weighted by molar-refractivity contribution is 5.95. The number of aromatic nitrogens is 1. The van der Waals surface area contributed by atoms with Gasteiger partial charge in [-0.2, -0.15) is 0 Å². The number of amides is 1. The highest BCUT2D eigenvalue weighted by atomic mass is 35.5. The van der Waals surface area contributed by atoms with Gasteiger partial charge in [-0.05, 0) is 48.7 Å². The normalized spacial score (nSPS) is 13.6. The minimum absolute atomic E-state index is 0. The monoisotopic (exact) mass is 303 g/mol. The standard InChI is InChI=1S/C16H17N3O.ClH/c1-11(14-3-2-7-17-10-14)19-16(20)13-4-5-15-12(9-13)6-8-18-15;/h2-5,7,9-11,18H,6,8H2,1H3,(H,19,20);1H. The van der Waals surface area contributed by atoms with Gasteiger partial charge in [0, 0.05) is 30.2 Å². The second-order valence-electron chi connectivity index (χ2n) is 5.03. The van der Waals surface area contributed by atoms with Crippen LogP contribution in [0, 0.1) is 0 Å². The number of carbonyl (C=O) groups is 1. The molecule has 4 nitrogen and oxygen atoms in total. The van der Waals surface area contributed by atoms with Crippen LogP contribution in [-0.4, -0.2) is 17.4 Å². The molecule has 2 heterocycles. The number of hydrogen-bond donors (Lipinski definition) is 2. The van der Waals surface area contributed by atoms with Crippen molar-refractivity contribution in [1.82, 2.24) is 10.3 Å². The van der Waals surface area contributed by atoms with Gasteiger partial charge in [-0.3, -0.25) is 9.78 Å². The first-order valence-corrected chi connectivity index (χ1v) is 6.81. The van der Waals surface area contributed by atoms with Gasteiger partial charge in [0.15, 0.2) is 0 Å². The summed E-state index contributed by atoms with van der Waals surface area (Å²) < 4.78 is 0. The van der Waals surface area contributed by atoms with Crippen LogP contribution in [-0.2, 0) is 6.42 Å². The van der Waals surface area contributed by atoms with E-state index in [1.54, 1.807) is 12.4 Å². The molecule has 1 amide bonds. The largest absolute Gasteiger partial charge is 0.384 e. The lowest BCUT2D eigenvalue weighted by atomic mass is 10.1. The number of benzene rings is 1. The Morgan fingerprint density at radius 1 is 1.38 bits per heavy atom. The number of fused-ring (bicyclic) bond motifs is 1. The van der Waals surface area contributed by atoms with Crippen molar-refractivity contribution < 1.29 is 4.79 Å². The molecule has 3 rings (SSSR count). The van der Waals surface area contributed by atoms with Crippen molar-refractivity contribution in [3.8, 4) is 0 Å². The lowest BCUT2D eigenvalue weighted by molar-refractivity contribution is 0.0940. The molecule has 110 valence electrons. The number of halogens is 1. The van der Waals surface area contributed by atoms with Crippen molar-refractivity contribution in [2.75, 3.05) is 11.9 Å². The Balaban J connectivity index is 0.00000161. The van der Waals surface area contributed by atoms with Crippen LogP contribution in [0.2, 0.25) is 0 Å². The SMILES string of the molecule is CC(NC(=O)c1ccc2c(c1)CCN2)c1cccnc1.Cl. The molecular formula is C16H18ClN3O. The molecule has 0 spiro atoms. The molecule has 0 saturated carbocycles. The van der Waals surface area contributed by atoms with Gasteiger partial charge < -0.3 is 10.6 Å². The molecule has 1 aliphatic heterocycles. The molecule has 1 aromatic heterocycles.